The number of nitrogens with zero attached hydrogens (tertiary/aromatic N) is 3. The number of aromatic nitrogens is 3. The summed E-state index contributed by atoms with van der Waals surface area (Å²) in [5, 5.41) is 8.12. The van der Waals surface area contributed by atoms with Crippen LogP contribution in [0, 0.1) is 0 Å². The van der Waals surface area contributed by atoms with Crippen molar-refractivity contribution in [3.8, 4) is 5.69 Å². The Morgan fingerprint density at radius 2 is 2.10 bits per heavy atom. The third kappa shape index (κ3) is 3.63. The van der Waals surface area contributed by atoms with Gasteiger partial charge in [0.2, 0.25) is 0 Å². The summed E-state index contributed by atoms with van der Waals surface area (Å²) in [7, 11) is 0. The zero-order chi connectivity index (χ0) is 14.2. The second-order valence-electron chi connectivity index (χ2n) is 4.53. The van der Waals surface area contributed by atoms with Gasteiger partial charge in [-0.3, -0.25) is 11.3 Å². The summed E-state index contributed by atoms with van der Waals surface area (Å²) in [6, 6.07) is 9.84. The highest BCUT2D eigenvalue weighted by Crippen LogP contribution is 2.18. The Bertz CT molecular complexity index is 499. The molecule has 20 heavy (non-hydrogen) atoms. The summed E-state index contributed by atoms with van der Waals surface area (Å²) in [4.78, 5) is 0. The lowest BCUT2D eigenvalue weighted by Gasteiger charge is -2.16. The highest BCUT2D eigenvalue weighted by molar-refractivity contribution is 5.32. The second kappa shape index (κ2) is 7.74. The van der Waals surface area contributed by atoms with E-state index in [9.17, 15) is 0 Å². The Morgan fingerprint density at radius 3 is 2.80 bits per heavy atom. The Morgan fingerprint density at radius 1 is 1.30 bits per heavy atom. The van der Waals surface area contributed by atoms with Gasteiger partial charge in [0.25, 0.3) is 0 Å². The van der Waals surface area contributed by atoms with Crippen molar-refractivity contribution in [1.82, 2.24) is 20.4 Å². The van der Waals surface area contributed by atoms with E-state index in [2.05, 4.69) is 22.7 Å². The molecule has 1 unspecified atom stereocenters. The molecule has 0 saturated carbocycles. The van der Waals surface area contributed by atoms with Crippen LogP contribution >= 0.6 is 0 Å². The first-order chi connectivity index (χ1) is 9.86. The quantitative estimate of drug-likeness (QED) is 0.434. The SMILES string of the molecule is CCCOCCC(NN)c1cnnn1-c1ccccc1. The number of hydrogen-bond donors (Lipinski definition) is 2. The summed E-state index contributed by atoms with van der Waals surface area (Å²) in [6.45, 7) is 3.52. The highest BCUT2D eigenvalue weighted by Gasteiger charge is 2.16. The van der Waals surface area contributed by atoms with Crippen molar-refractivity contribution in [3.05, 3.63) is 42.2 Å². The molecule has 2 aromatic rings. The Hall–Kier alpha value is -1.76. The fourth-order valence-corrected chi connectivity index (χ4v) is 2.01. The van der Waals surface area contributed by atoms with Gasteiger partial charge in [0.1, 0.15) is 0 Å². The van der Waals surface area contributed by atoms with Crippen molar-refractivity contribution in [3.63, 3.8) is 0 Å². The van der Waals surface area contributed by atoms with Crippen LogP contribution in [0.4, 0.5) is 0 Å². The standard InChI is InChI=1S/C14H21N5O/c1-2-9-20-10-8-13(17-15)14-11-16-18-19(14)12-6-4-3-5-7-12/h3-7,11,13,17H,2,8-10,15H2,1H3. The summed E-state index contributed by atoms with van der Waals surface area (Å²) in [5.41, 5.74) is 4.71. The van der Waals surface area contributed by atoms with E-state index in [1.54, 1.807) is 10.9 Å². The van der Waals surface area contributed by atoms with Crippen molar-refractivity contribution in [2.75, 3.05) is 13.2 Å². The molecule has 1 aromatic heterocycles. The molecular formula is C14H21N5O. The van der Waals surface area contributed by atoms with Crippen LogP contribution in [0.5, 0.6) is 0 Å². The van der Waals surface area contributed by atoms with Crippen LogP contribution in [-0.4, -0.2) is 28.2 Å². The minimum Gasteiger partial charge on any atom is -0.381 e. The molecule has 0 bridgehead atoms. The van der Waals surface area contributed by atoms with Gasteiger partial charge in [0.15, 0.2) is 0 Å². The molecule has 6 nitrogen and oxygen atoms in total. The molecule has 108 valence electrons. The van der Waals surface area contributed by atoms with Crippen LogP contribution < -0.4 is 11.3 Å². The molecule has 0 aliphatic carbocycles. The fourth-order valence-electron chi connectivity index (χ4n) is 2.01. The third-order valence-corrected chi connectivity index (χ3v) is 3.03. The second-order valence-corrected chi connectivity index (χ2v) is 4.53. The molecule has 0 fully saturated rings. The molecular weight excluding hydrogens is 254 g/mol. The maximum absolute atomic E-state index is 5.65. The van der Waals surface area contributed by atoms with E-state index in [4.69, 9.17) is 10.6 Å². The van der Waals surface area contributed by atoms with Crippen LogP contribution in [0.3, 0.4) is 0 Å². The zero-order valence-corrected chi connectivity index (χ0v) is 11.7. The van der Waals surface area contributed by atoms with E-state index in [1.807, 2.05) is 30.3 Å². The Kier molecular flexibility index (Phi) is 5.67. The van der Waals surface area contributed by atoms with E-state index in [0.717, 1.165) is 30.8 Å². The summed E-state index contributed by atoms with van der Waals surface area (Å²) < 4.78 is 7.31. The number of ether oxygens (including phenoxy) is 1. The number of nitrogens with two attached hydrogens (primary N) is 1. The van der Waals surface area contributed by atoms with Gasteiger partial charge < -0.3 is 4.74 Å². The van der Waals surface area contributed by atoms with Crippen LogP contribution in [-0.2, 0) is 4.74 Å². The van der Waals surface area contributed by atoms with E-state index in [0.29, 0.717) is 6.61 Å². The molecule has 0 saturated heterocycles. The smallest absolute Gasteiger partial charge is 0.0829 e. The summed E-state index contributed by atoms with van der Waals surface area (Å²) >= 11 is 0. The molecule has 0 aliphatic rings. The lowest BCUT2D eigenvalue weighted by molar-refractivity contribution is 0.124. The van der Waals surface area contributed by atoms with Crippen molar-refractivity contribution in [2.45, 2.75) is 25.8 Å². The van der Waals surface area contributed by atoms with E-state index in [1.165, 1.54) is 0 Å². The first kappa shape index (κ1) is 14.6. The van der Waals surface area contributed by atoms with Gasteiger partial charge in [-0.1, -0.05) is 30.3 Å². The number of hydrogen-bond acceptors (Lipinski definition) is 5. The average Bonchev–Trinajstić information content (AvgIpc) is 2.98. The molecule has 2 rings (SSSR count). The molecule has 6 heteroatoms. The zero-order valence-electron chi connectivity index (χ0n) is 11.7. The van der Waals surface area contributed by atoms with Gasteiger partial charge in [-0.05, 0) is 25.0 Å². The van der Waals surface area contributed by atoms with Gasteiger partial charge >= 0.3 is 0 Å². The van der Waals surface area contributed by atoms with Crippen LogP contribution in [0.1, 0.15) is 31.5 Å². The molecule has 1 aromatic carbocycles. The number of para-hydroxylation sites is 1. The van der Waals surface area contributed by atoms with Gasteiger partial charge in [-0.25, -0.2) is 4.68 Å². The summed E-state index contributed by atoms with van der Waals surface area (Å²) in [5.74, 6) is 5.65. The maximum Gasteiger partial charge on any atom is 0.0829 e. The minimum atomic E-state index is -0.0398. The monoisotopic (exact) mass is 275 g/mol. The number of rotatable bonds is 8. The Labute approximate surface area is 118 Å². The summed E-state index contributed by atoms with van der Waals surface area (Å²) in [6.07, 6.45) is 3.53. The normalized spacial score (nSPS) is 12.5. The lowest BCUT2D eigenvalue weighted by Crippen LogP contribution is -2.30. The molecule has 1 atom stereocenters. The fraction of sp³-hybridized carbons (Fsp3) is 0.429. The molecule has 1 heterocycles. The molecule has 0 spiro atoms. The molecule has 0 radical (unpaired) electrons. The third-order valence-electron chi connectivity index (χ3n) is 3.03. The van der Waals surface area contributed by atoms with Crippen molar-refractivity contribution >= 4 is 0 Å². The predicted molar refractivity (Wildman–Crippen MR) is 77.2 cm³/mol. The Balaban J connectivity index is 2.09. The maximum atomic E-state index is 5.65. The van der Waals surface area contributed by atoms with Crippen molar-refractivity contribution < 1.29 is 4.74 Å². The van der Waals surface area contributed by atoms with E-state index >= 15 is 0 Å². The lowest BCUT2D eigenvalue weighted by atomic mass is 10.1. The van der Waals surface area contributed by atoms with Crippen molar-refractivity contribution in [2.24, 2.45) is 5.84 Å². The first-order valence-corrected chi connectivity index (χ1v) is 6.86. The number of hydrazine groups is 1. The predicted octanol–water partition coefficient (Wildman–Crippen LogP) is 1.59. The topological polar surface area (TPSA) is 78.0 Å². The van der Waals surface area contributed by atoms with E-state index < -0.39 is 0 Å². The van der Waals surface area contributed by atoms with Crippen LogP contribution in [0.25, 0.3) is 5.69 Å². The first-order valence-electron chi connectivity index (χ1n) is 6.86. The molecule has 3 N–H and O–H groups in total. The van der Waals surface area contributed by atoms with E-state index in [-0.39, 0.29) is 6.04 Å². The minimum absolute atomic E-state index is 0.0398. The highest BCUT2D eigenvalue weighted by atomic mass is 16.5. The van der Waals surface area contributed by atoms with Gasteiger partial charge in [-0.2, -0.15) is 0 Å². The molecule has 0 aliphatic heterocycles. The van der Waals surface area contributed by atoms with Crippen LogP contribution in [0.15, 0.2) is 36.5 Å². The number of nitrogens with one attached hydrogen (secondary N) is 1. The van der Waals surface area contributed by atoms with Crippen LogP contribution in [0.2, 0.25) is 0 Å². The average molecular weight is 275 g/mol. The van der Waals surface area contributed by atoms with Crippen molar-refractivity contribution in [1.29, 1.82) is 0 Å². The van der Waals surface area contributed by atoms with Gasteiger partial charge in [0, 0.05) is 13.2 Å². The molecule has 0 amide bonds. The van der Waals surface area contributed by atoms with Gasteiger partial charge in [-0.15, -0.1) is 5.10 Å². The van der Waals surface area contributed by atoms with Gasteiger partial charge in [0.05, 0.1) is 23.6 Å². The largest absolute Gasteiger partial charge is 0.381 e. The number of benzene rings is 1.